The predicted molar refractivity (Wildman–Crippen MR) is 82.0 cm³/mol. The Kier molecular flexibility index (Phi) is 3.54. The van der Waals surface area contributed by atoms with Crippen LogP contribution < -0.4 is 5.32 Å². The van der Waals surface area contributed by atoms with Crippen LogP contribution in [0.2, 0.25) is 0 Å². The molecule has 20 heavy (non-hydrogen) atoms. The molecule has 1 atom stereocenters. The van der Waals surface area contributed by atoms with Gasteiger partial charge in [0.2, 0.25) is 0 Å². The van der Waals surface area contributed by atoms with Crippen molar-refractivity contribution in [2.75, 3.05) is 0 Å². The number of imidazole rings is 1. The van der Waals surface area contributed by atoms with Crippen LogP contribution in [-0.4, -0.2) is 14.4 Å². The third kappa shape index (κ3) is 2.34. The summed E-state index contributed by atoms with van der Waals surface area (Å²) in [4.78, 5) is 9.86. The number of fused-ring (bicyclic) bond motifs is 1. The van der Waals surface area contributed by atoms with Crippen LogP contribution in [0.4, 0.5) is 0 Å². The Labute approximate surface area is 122 Å². The van der Waals surface area contributed by atoms with Gasteiger partial charge in [0.05, 0.1) is 11.4 Å². The second-order valence-electron chi connectivity index (χ2n) is 5.03. The number of thiazole rings is 1. The number of hydrogen-bond acceptors (Lipinski definition) is 4. The van der Waals surface area contributed by atoms with E-state index in [1.807, 2.05) is 12.3 Å². The summed E-state index contributed by atoms with van der Waals surface area (Å²) in [7, 11) is 0. The fourth-order valence-electron chi connectivity index (χ4n) is 2.38. The Hall–Kier alpha value is -1.72. The molecule has 1 N–H and O–H groups in total. The van der Waals surface area contributed by atoms with E-state index in [-0.39, 0.29) is 6.04 Å². The maximum atomic E-state index is 4.61. The third-order valence-electron chi connectivity index (χ3n) is 3.59. The highest BCUT2D eigenvalue weighted by atomic mass is 32.1. The minimum Gasteiger partial charge on any atom is -0.305 e. The number of rotatable bonds is 4. The first-order chi connectivity index (χ1) is 9.66. The van der Waals surface area contributed by atoms with Gasteiger partial charge in [-0.1, -0.05) is 6.07 Å². The van der Waals surface area contributed by atoms with Gasteiger partial charge in [0.15, 0.2) is 4.96 Å². The zero-order valence-electron chi connectivity index (χ0n) is 11.9. The lowest BCUT2D eigenvalue weighted by Crippen LogP contribution is -2.19. The number of pyridine rings is 1. The Balaban J connectivity index is 1.80. The largest absolute Gasteiger partial charge is 0.305 e. The SMILES string of the molecule is Cc1nc2scc(C)n2c1CNC(C)c1cccnc1. The third-order valence-corrected chi connectivity index (χ3v) is 4.53. The molecule has 0 aliphatic rings. The van der Waals surface area contributed by atoms with Gasteiger partial charge in [0.25, 0.3) is 0 Å². The van der Waals surface area contributed by atoms with Gasteiger partial charge in [-0.05, 0) is 32.4 Å². The lowest BCUT2D eigenvalue weighted by Gasteiger charge is -2.14. The highest BCUT2D eigenvalue weighted by Gasteiger charge is 2.13. The van der Waals surface area contributed by atoms with Crippen LogP contribution >= 0.6 is 11.3 Å². The Morgan fingerprint density at radius 2 is 2.25 bits per heavy atom. The number of aryl methyl sites for hydroxylation is 2. The van der Waals surface area contributed by atoms with Crippen molar-refractivity contribution in [3.63, 3.8) is 0 Å². The van der Waals surface area contributed by atoms with E-state index in [1.165, 1.54) is 17.0 Å². The fraction of sp³-hybridized carbons (Fsp3) is 0.333. The lowest BCUT2D eigenvalue weighted by molar-refractivity contribution is 0.562. The molecule has 1 unspecified atom stereocenters. The van der Waals surface area contributed by atoms with Crippen LogP contribution in [0.25, 0.3) is 4.96 Å². The van der Waals surface area contributed by atoms with E-state index < -0.39 is 0 Å². The predicted octanol–water partition coefficient (Wildman–Crippen LogP) is 3.26. The number of nitrogens with zero attached hydrogens (tertiary/aromatic N) is 3. The molecule has 0 spiro atoms. The van der Waals surface area contributed by atoms with Crippen LogP contribution in [-0.2, 0) is 6.54 Å². The van der Waals surface area contributed by atoms with Crippen LogP contribution in [0, 0.1) is 13.8 Å². The van der Waals surface area contributed by atoms with Crippen LogP contribution in [0.15, 0.2) is 29.9 Å². The van der Waals surface area contributed by atoms with E-state index in [0.29, 0.717) is 0 Å². The van der Waals surface area contributed by atoms with Crippen LogP contribution in [0.5, 0.6) is 0 Å². The summed E-state index contributed by atoms with van der Waals surface area (Å²) in [5.41, 5.74) is 4.80. The second-order valence-corrected chi connectivity index (χ2v) is 5.86. The number of aromatic nitrogens is 3. The van der Waals surface area contributed by atoms with E-state index in [4.69, 9.17) is 0 Å². The molecule has 104 valence electrons. The first kappa shape index (κ1) is 13.3. The van der Waals surface area contributed by atoms with Gasteiger partial charge in [0.1, 0.15) is 0 Å². The van der Waals surface area contributed by atoms with E-state index >= 15 is 0 Å². The summed E-state index contributed by atoms with van der Waals surface area (Å²) in [5, 5.41) is 5.70. The molecule has 0 aliphatic carbocycles. The Bertz CT molecular complexity index is 714. The zero-order chi connectivity index (χ0) is 14.1. The molecule has 4 nitrogen and oxygen atoms in total. The van der Waals surface area contributed by atoms with Crippen molar-refractivity contribution in [1.29, 1.82) is 0 Å². The van der Waals surface area contributed by atoms with Crippen LogP contribution in [0.1, 0.15) is 35.6 Å². The van der Waals surface area contributed by atoms with Crippen LogP contribution in [0.3, 0.4) is 0 Å². The van der Waals surface area contributed by atoms with E-state index in [9.17, 15) is 0 Å². The Morgan fingerprint density at radius 1 is 1.40 bits per heavy atom. The molecule has 0 amide bonds. The van der Waals surface area contributed by atoms with Crippen molar-refractivity contribution in [2.45, 2.75) is 33.4 Å². The molecular weight excluding hydrogens is 268 g/mol. The molecule has 3 heterocycles. The average Bonchev–Trinajstić information content (AvgIpc) is 2.97. The summed E-state index contributed by atoms with van der Waals surface area (Å²) in [5.74, 6) is 0. The summed E-state index contributed by atoms with van der Waals surface area (Å²) in [6.45, 7) is 7.16. The van der Waals surface area contributed by atoms with Gasteiger partial charge in [-0.3, -0.25) is 9.38 Å². The molecule has 0 bridgehead atoms. The van der Waals surface area contributed by atoms with Gasteiger partial charge in [-0.2, -0.15) is 0 Å². The topological polar surface area (TPSA) is 42.2 Å². The molecule has 0 aromatic carbocycles. The summed E-state index contributed by atoms with van der Waals surface area (Å²) in [6.07, 6.45) is 3.71. The van der Waals surface area contributed by atoms with Gasteiger partial charge >= 0.3 is 0 Å². The molecule has 0 fully saturated rings. The van der Waals surface area contributed by atoms with Crippen molar-refractivity contribution in [2.24, 2.45) is 0 Å². The molecule has 0 aliphatic heterocycles. The molecule has 3 aromatic rings. The average molecular weight is 286 g/mol. The van der Waals surface area contributed by atoms with Crippen molar-refractivity contribution in [1.82, 2.24) is 19.7 Å². The summed E-state index contributed by atoms with van der Waals surface area (Å²) < 4.78 is 2.24. The second kappa shape index (κ2) is 5.34. The smallest absolute Gasteiger partial charge is 0.194 e. The normalized spacial score (nSPS) is 12.9. The molecule has 0 saturated heterocycles. The van der Waals surface area contributed by atoms with E-state index in [0.717, 1.165) is 17.2 Å². The maximum Gasteiger partial charge on any atom is 0.194 e. The highest BCUT2D eigenvalue weighted by molar-refractivity contribution is 7.15. The fourth-order valence-corrected chi connectivity index (χ4v) is 3.31. The molecule has 0 radical (unpaired) electrons. The van der Waals surface area contributed by atoms with Crippen molar-refractivity contribution < 1.29 is 0 Å². The molecule has 3 aromatic heterocycles. The molecule has 0 saturated carbocycles. The molecule has 5 heteroatoms. The van der Waals surface area contributed by atoms with E-state index in [2.05, 4.69) is 51.9 Å². The maximum absolute atomic E-state index is 4.61. The minimum absolute atomic E-state index is 0.271. The van der Waals surface area contributed by atoms with Gasteiger partial charge < -0.3 is 5.32 Å². The quantitative estimate of drug-likeness (QED) is 0.800. The van der Waals surface area contributed by atoms with Crippen molar-refractivity contribution in [3.8, 4) is 0 Å². The Morgan fingerprint density at radius 3 is 3.00 bits per heavy atom. The zero-order valence-corrected chi connectivity index (χ0v) is 12.7. The first-order valence-electron chi connectivity index (χ1n) is 6.72. The van der Waals surface area contributed by atoms with Gasteiger partial charge in [0, 0.05) is 36.1 Å². The lowest BCUT2D eigenvalue weighted by atomic mass is 10.1. The van der Waals surface area contributed by atoms with Gasteiger partial charge in [-0.15, -0.1) is 11.3 Å². The van der Waals surface area contributed by atoms with Crippen molar-refractivity contribution >= 4 is 16.3 Å². The standard InChI is InChI=1S/C15H18N4S/c1-10-9-20-15-18-12(3)14(19(10)15)8-17-11(2)13-5-4-6-16-7-13/h4-7,9,11,17H,8H2,1-3H3. The van der Waals surface area contributed by atoms with Crippen molar-refractivity contribution in [3.05, 3.63) is 52.6 Å². The number of nitrogens with one attached hydrogen (secondary N) is 1. The minimum atomic E-state index is 0.271. The molecule has 3 rings (SSSR count). The van der Waals surface area contributed by atoms with Gasteiger partial charge in [-0.25, -0.2) is 4.98 Å². The van der Waals surface area contributed by atoms with E-state index in [1.54, 1.807) is 17.5 Å². The summed E-state index contributed by atoms with van der Waals surface area (Å²) >= 11 is 1.69. The summed E-state index contributed by atoms with van der Waals surface area (Å²) in [6, 6.07) is 4.34. The first-order valence-corrected chi connectivity index (χ1v) is 7.60. The molecular formula is C15H18N4S. The monoisotopic (exact) mass is 286 g/mol. The number of hydrogen-bond donors (Lipinski definition) is 1. The highest BCUT2D eigenvalue weighted by Crippen LogP contribution is 2.21.